The van der Waals surface area contributed by atoms with Crippen LogP contribution in [0.4, 0.5) is 0 Å². The summed E-state index contributed by atoms with van der Waals surface area (Å²) in [6, 6.07) is 0. The molecule has 0 unspecified atom stereocenters. The van der Waals surface area contributed by atoms with Crippen molar-refractivity contribution < 1.29 is 4.74 Å². The van der Waals surface area contributed by atoms with Crippen LogP contribution in [-0.2, 0) is 4.74 Å². The summed E-state index contributed by atoms with van der Waals surface area (Å²) in [4.78, 5) is 9.83. The standard InChI is InChI=1S/C10H13ClN6OS/c11-8-6-13-5-7(14-8)9(12)15-16-10(19)17-1-3-18-4-2-17/h5-6H,1-4H2,(H2,12,15)(H,16,19). The van der Waals surface area contributed by atoms with Crippen molar-refractivity contribution in [2.45, 2.75) is 0 Å². The van der Waals surface area contributed by atoms with Crippen LogP contribution in [0.5, 0.6) is 0 Å². The van der Waals surface area contributed by atoms with Crippen LogP contribution in [0, 0.1) is 0 Å². The van der Waals surface area contributed by atoms with Gasteiger partial charge in [0.2, 0.25) is 0 Å². The number of hydrogen-bond donors (Lipinski definition) is 2. The Labute approximate surface area is 120 Å². The number of ether oxygens (including phenoxy) is 1. The molecule has 1 aromatic rings. The Bertz CT molecular complexity index is 491. The fraction of sp³-hybridized carbons (Fsp3) is 0.400. The second kappa shape index (κ2) is 6.60. The van der Waals surface area contributed by atoms with Crippen LogP contribution in [0.15, 0.2) is 17.5 Å². The zero-order valence-electron chi connectivity index (χ0n) is 10.0. The van der Waals surface area contributed by atoms with Gasteiger partial charge >= 0.3 is 0 Å². The van der Waals surface area contributed by atoms with E-state index in [9.17, 15) is 0 Å². The average Bonchev–Trinajstić information content (AvgIpc) is 2.45. The molecule has 0 radical (unpaired) electrons. The van der Waals surface area contributed by atoms with E-state index in [1.54, 1.807) is 0 Å². The Balaban J connectivity index is 1.95. The fourth-order valence-electron chi connectivity index (χ4n) is 1.47. The van der Waals surface area contributed by atoms with E-state index in [0.29, 0.717) is 24.0 Å². The maximum absolute atomic E-state index is 5.77. The summed E-state index contributed by atoms with van der Waals surface area (Å²) in [5.41, 5.74) is 8.88. The number of halogens is 1. The molecule has 0 bridgehead atoms. The number of hydrazone groups is 1. The van der Waals surface area contributed by atoms with Gasteiger partial charge in [-0.1, -0.05) is 11.6 Å². The Hall–Kier alpha value is -1.51. The molecule has 2 rings (SSSR count). The predicted molar refractivity (Wildman–Crippen MR) is 75.9 cm³/mol. The molecule has 0 amide bonds. The van der Waals surface area contributed by atoms with E-state index in [0.717, 1.165) is 13.1 Å². The molecule has 0 atom stereocenters. The highest BCUT2D eigenvalue weighted by Crippen LogP contribution is 2.02. The van der Waals surface area contributed by atoms with Crippen LogP contribution >= 0.6 is 23.8 Å². The average molecular weight is 301 g/mol. The van der Waals surface area contributed by atoms with Gasteiger partial charge < -0.3 is 15.4 Å². The van der Waals surface area contributed by atoms with Crippen LogP contribution in [0.25, 0.3) is 0 Å². The van der Waals surface area contributed by atoms with Gasteiger partial charge in [0.15, 0.2) is 10.9 Å². The number of nitrogens with one attached hydrogen (secondary N) is 1. The number of morpholine rings is 1. The van der Waals surface area contributed by atoms with Crippen molar-refractivity contribution >= 4 is 34.8 Å². The fourth-order valence-corrected chi connectivity index (χ4v) is 1.84. The van der Waals surface area contributed by atoms with Gasteiger partial charge in [0.1, 0.15) is 10.8 Å². The summed E-state index contributed by atoms with van der Waals surface area (Å²) < 4.78 is 5.24. The van der Waals surface area contributed by atoms with Gasteiger partial charge in [-0.2, -0.15) is 5.10 Å². The zero-order chi connectivity index (χ0) is 13.7. The molecule has 1 aliphatic rings. The third-order valence-electron chi connectivity index (χ3n) is 2.44. The van der Waals surface area contributed by atoms with Crippen LogP contribution in [-0.4, -0.2) is 52.1 Å². The molecule has 1 aromatic heterocycles. The molecule has 3 N–H and O–H groups in total. The molecular weight excluding hydrogens is 288 g/mol. The van der Waals surface area contributed by atoms with Crippen molar-refractivity contribution in [2.24, 2.45) is 10.8 Å². The van der Waals surface area contributed by atoms with E-state index in [1.807, 2.05) is 4.90 Å². The molecule has 0 aliphatic carbocycles. The van der Waals surface area contributed by atoms with E-state index in [4.69, 9.17) is 34.3 Å². The number of thiocarbonyl (C=S) groups is 1. The molecule has 1 fully saturated rings. The lowest BCUT2D eigenvalue weighted by Crippen LogP contribution is -2.45. The smallest absolute Gasteiger partial charge is 0.189 e. The van der Waals surface area contributed by atoms with Crippen LogP contribution in [0.1, 0.15) is 5.69 Å². The normalized spacial score (nSPS) is 16.3. The highest BCUT2D eigenvalue weighted by Gasteiger charge is 2.13. The molecule has 7 nitrogen and oxygen atoms in total. The number of amidine groups is 1. The Morgan fingerprint density at radius 1 is 1.47 bits per heavy atom. The Morgan fingerprint density at radius 3 is 2.89 bits per heavy atom. The Morgan fingerprint density at radius 2 is 2.21 bits per heavy atom. The first-order chi connectivity index (χ1) is 9.16. The molecular formula is C10H13ClN6OS. The monoisotopic (exact) mass is 300 g/mol. The minimum absolute atomic E-state index is 0.172. The molecule has 102 valence electrons. The largest absolute Gasteiger partial charge is 0.380 e. The molecule has 0 aromatic carbocycles. The Kier molecular flexibility index (Phi) is 4.83. The van der Waals surface area contributed by atoms with Crippen LogP contribution in [0.2, 0.25) is 5.15 Å². The molecule has 2 heterocycles. The van der Waals surface area contributed by atoms with Crippen LogP contribution in [0.3, 0.4) is 0 Å². The third kappa shape index (κ3) is 3.98. The number of aromatic nitrogens is 2. The number of nitrogens with zero attached hydrogens (tertiary/aromatic N) is 4. The van der Waals surface area contributed by atoms with Crippen molar-refractivity contribution in [3.63, 3.8) is 0 Å². The van der Waals surface area contributed by atoms with Crippen molar-refractivity contribution in [1.82, 2.24) is 20.3 Å². The third-order valence-corrected chi connectivity index (χ3v) is 2.97. The number of rotatable bonds is 2. The molecule has 1 saturated heterocycles. The maximum Gasteiger partial charge on any atom is 0.189 e. The second-order valence-electron chi connectivity index (χ2n) is 3.74. The first kappa shape index (κ1) is 13.9. The zero-order valence-corrected chi connectivity index (χ0v) is 11.6. The quantitative estimate of drug-likeness (QED) is 0.343. The minimum atomic E-state index is 0.172. The second-order valence-corrected chi connectivity index (χ2v) is 4.51. The summed E-state index contributed by atoms with van der Waals surface area (Å²) >= 11 is 10.9. The van der Waals surface area contributed by atoms with Crippen molar-refractivity contribution in [3.05, 3.63) is 23.2 Å². The SMILES string of the molecule is NC(=NNC(=S)N1CCOCC1)c1cncc(Cl)n1. The molecule has 19 heavy (non-hydrogen) atoms. The van der Waals surface area contributed by atoms with Gasteiger partial charge in [-0.05, 0) is 12.2 Å². The lowest BCUT2D eigenvalue weighted by atomic mass is 10.4. The minimum Gasteiger partial charge on any atom is -0.380 e. The van der Waals surface area contributed by atoms with Gasteiger partial charge in [0.05, 0.1) is 25.6 Å². The lowest BCUT2D eigenvalue weighted by molar-refractivity contribution is 0.0677. The van der Waals surface area contributed by atoms with E-state index < -0.39 is 0 Å². The first-order valence-electron chi connectivity index (χ1n) is 5.60. The maximum atomic E-state index is 5.77. The van der Waals surface area contributed by atoms with Gasteiger partial charge in [-0.25, -0.2) is 4.98 Å². The summed E-state index contributed by atoms with van der Waals surface area (Å²) in [5, 5.41) is 4.73. The number of hydrogen-bond acceptors (Lipinski definition) is 5. The van der Waals surface area contributed by atoms with Gasteiger partial charge in [0, 0.05) is 13.1 Å². The number of nitrogens with two attached hydrogens (primary N) is 1. The molecule has 1 aliphatic heterocycles. The summed E-state index contributed by atoms with van der Waals surface area (Å²) in [7, 11) is 0. The predicted octanol–water partition coefficient (Wildman–Crippen LogP) is -0.0430. The topological polar surface area (TPSA) is 88.7 Å². The molecule has 9 heteroatoms. The van der Waals surface area contributed by atoms with E-state index in [1.165, 1.54) is 12.4 Å². The van der Waals surface area contributed by atoms with Crippen molar-refractivity contribution in [1.29, 1.82) is 0 Å². The van der Waals surface area contributed by atoms with Gasteiger partial charge in [-0.15, -0.1) is 0 Å². The molecule has 0 saturated carbocycles. The first-order valence-corrected chi connectivity index (χ1v) is 6.39. The van der Waals surface area contributed by atoms with E-state index >= 15 is 0 Å². The van der Waals surface area contributed by atoms with Gasteiger partial charge in [-0.3, -0.25) is 10.4 Å². The van der Waals surface area contributed by atoms with E-state index in [2.05, 4.69) is 20.5 Å². The van der Waals surface area contributed by atoms with Crippen molar-refractivity contribution in [2.75, 3.05) is 26.3 Å². The summed E-state index contributed by atoms with van der Waals surface area (Å²) in [6.45, 7) is 2.78. The molecule has 0 spiro atoms. The van der Waals surface area contributed by atoms with Crippen molar-refractivity contribution in [3.8, 4) is 0 Å². The lowest BCUT2D eigenvalue weighted by Gasteiger charge is -2.28. The summed E-state index contributed by atoms with van der Waals surface area (Å²) in [5.74, 6) is 0.172. The highest BCUT2D eigenvalue weighted by atomic mass is 35.5. The summed E-state index contributed by atoms with van der Waals surface area (Å²) in [6.07, 6.45) is 2.90. The van der Waals surface area contributed by atoms with Gasteiger partial charge in [0.25, 0.3) is 0 Å². The van der Waals surface area contributed by atoms with E-state index in [-0.39, 0.29) is 11.0 Å². The highest BCUT2D eigenvalue weighted by molar-refractivity contribution is 7.80. The van der Waals surface area contributed by atoms with Crippen LogP contribution < -0.4 is 11.2 Å².